The molecule has 1 unspecified atom stereocenters. The Morgan fingerprint density at radius 2 is 1.68 bits per heavy atom. The van der Waals surface area contributed by atoms with E-state index in [0.717, 1.165) is 20.8 Å². The number of terminal acetylenes is 1. The lowest BCUT2D eigenvalue weighted by molar-refractivity contribution is -0.147. The third-order valence-corrected chi connectivity index (χ3v) is 10.0. The van der Waals surface area contributed by atoms with Crippen molar-refractivity contribution in [2.75, 3.05) is 19.6 Å². The molecule has 2 amide bonds. The van der Waals surface area contributed by atoms with E-state index >= 15 is 0 Å². The molecule has 12 heteroatoms. The Hall–Kier alpha value is -4.12. The Labute approximate surface area is 280 Å². The number of rotatable bonds is 16. The summed E-state index contributed by atoms with van der Waals surface area (Å²) in [6.07, 6.45) is 4.26. The molecule has 0 aliphatic carbocycles. The van der Waals surface area contributed by atoms with Crippen LogP contribution in [0.2, 0.25) is 0 Å². The molecule has 0 aliphatic rings. The molecule has 248 valence electrons. The number of hydrazine groups is 1. The molecule has 0 bridgehead atoms. The molecule has 4 rings (SSSR count). The highest BCUT2D eigenvalue weighted by Crippen LogP contribution is 2.26. The molecular weight excluding hydrogens is 635 g/mol. The highest BCUT2D eigenvalue weighted by molar-refractivity contribution is 7.89. The number of fused-ring (bicyclic) bond motifs is 1. The van der Waals surface area contributed by atoms with Crippen LogP contribution in [-0.2, 0) is 32.6 Å². The number of thiazole rings is 1. The monoisotopic (exact) mass is 675 g/mol. The van der Waals surface area contributed by atoms with Crippen LogP contribution in [0.5, 0.6) is 0 Å². The van der Waals surface area contributed by atoms with Crippen LogP contribution in [0.25, 0.3) is 10.2 Å². The SMILES string of the molecule is C#CCCC(=O)N(NC(=O)CNCc1ccccc1)C(Cc1ccccc1)[C@H](O)CN(CC(C)C)S(=O)(=O)c1ccc2ncsc2c1. The average molecular weight is 676 g/mol. The summed E-state index contributed by atoms with van der Waals surface area (Å²) in [5.74, 6) is 1.40. The van der Waals surface area contributed by atoms with Crippen molar-refractivity contribution >= 4 is 43.4 Å². The van der Waals surface area contributed by atoms with Gasteiger partial charge in [-0.2, -0.15) is 4.31 Å². The van der Waals surface area contributed by atoms with Gasteiger partial charge in [0, 0.05) is 32.5 Å². The molecule has 47 heavy (non-hydrogen) atoms. The normalized spacial score (nSPS) is 12.9. The van der Waals surface area contributed by atoms with Crippen molar-refractivity contribution in [3.63, 3.8) is 0 Å². The van der Waals surface area contributed by atoms with E-state index in [9.17, 15) is 23.1 Å². The molecule has 4 aromatic rings. The van der Waals surface area contributed by atoms with Crippen LogP contribution in [0.15, 0.2) is 89.3 Å². The van der Waals surface area contributed by atoms with Crippen molar-refractivity contribution in [1.82, 2.24) is 25.0 Å². The summed E-state index contributed by atoms with van der Waals surface area (Å²) in [4.78, 5) is 31.1. The van der Waals surface area contributed by atoms with E-state index in [1.165, 1.54) is 21.7 Å². The van der Waals surface area contributed by atoms with Gasteiger partial charge in [-0.05, 0) is 41.7 Å². The Morgan fingerprint density at radius 3 is 2.34 bits per heavy atom. The van der Waals surface area contributed by atoms with Crippen molar-refractivity contribution in [2.24, 2.45) is 5.92 Å². The molecule has 0 spiro atoms. The quantitative estimate of drug-likeness (QED) is 0.121. The van der Waals surface area contributed by atoms with Crippen LogP contribution in [0.1, 0.15) is 37.8 Å². The number of aliphatic hydroxyl groups excluding tert-OH is 1. The fourth-order valence-electron chi connectivity index (χ4n) is 5.13. The van der Waals surface area contributed by atoms with Crippen LogP contribution in [0.4, 0.5) is 0 Å². The van der Waals surface area contributed by atoms with Gasteiger partial charge in [-0.1, -0.05) is 74.5 Å². The minimum atomic E-state index is -4.06. The molecule has 0 radical (unpaired) electrons. The third-order valence-electron chi connectivity index (χ3n) is 7.42. The first kappa shape index (κ1) is 35.7. The molecule has 0 saturated carbocycles. The lowest BCUT2D eigenvalue weighted by Gasteiger charge is -2.37. The number of carbonyl (C=O) groups excluding carboxylic acids is 2. The fourth-order valence-corrected chi connectivity index (χ4v) is 7.57. The lowest BCUT2D eigenvalue weighted by Crippen LogP contribution is -2.60. The Balaban J connectivity index is 1.63. The van der Waals surface area contributed by atoms with Gasteiger partial charge in [0.05, 0.1) is 39.3 Å². The molecule has 2 atom stereocenters. The molecule has 0 fully saturated rings. The van der Waals surface area contributed by atoms with Gasteiger partial charge in [-0.15, -0.1) is 23.7 Å². The summed E-state index contributed by atoms with van der Waals surface area (Å²) >= 11 is 1.34. The molecule has 3 N–H and O–H groups in total. The summed E-state index contributed by atoms with van der Waals surface area (Å²) in [7, 11) is -4.06. The first-order valence-corrected chi connectivity index (χ1v) is 17.8. The number of amides is 2. The zero-order valence-corrected chi connectivity index (χ0v) is 28.2. The molecule has 3 aromatic carbocycles. The van der Waals surface area contributed by atoms with E-state index < -0.39 is 34.0 Å². The first-order chi connectivity index (χ1) is 22.6. The van der Waals surface area contributed by atoms with Crippen molar-refractivity contribution in [3.8, 4) is 12.3 Å². The van der Waals surface area contributed by atoms with Gasteiger partial charge in [0.25, 0.3) is 5.91 Å². The standard InChI is InChI=1S/C35H41N5O5S2/c1-4-5-16-35(43)40(38-34(42)22-36-21-28-14-10-7-11-15-28)31(19-27-12-8-6-9-13-27)32(41)24-39(23-26(2)3)47(44,45)29-17-18-30-33(20-29)46-25-37-30/h1,6-15,17-18,20,25-26,31-32,36,41H,5,16,19,21-24H2,2-3H3,(H,38,42)/t31?,32-/m1/s1. The maximum Gasteiger partial charge on any atom is 0.252 e. The van der Waals surface area contributed by atoms with E-state index in [4.69, 9.17) is 6.42 Å². The summed E-state index contributed by atoms with van der Waals surface area (Å²) < 4.78 is 30.0. The highest BCUT2D eigenvalue weighted by Gasteiger charge is 2.36. The number of hydrogen-bond acceptors (Lipinski definition) is 8. The minimum absolute atomic E-state index is 0.0690. The van der Waals surface area contributed by atoms with Crippen LogP contribution < -0.4 is 10.7 Å². The van der Waals surface area contributed by atoms with Crippen molar-refractivity contribution in [1.29, 1.82) is 0 Å². The van der Waals surface area contributed by atoms with Gasteiger partial charge >= 0.3 is 0 Å². The second-order valence-corrected chi connectivity index (χ2v) is 14.4. The number of benzene rings is 3. The van der Waals surface area contributed by atoms with E-state index in [1.54, 1.807) is 17.6 Å². The largest absolute Gasteiger partial charge is 0.390 e. The van der Waals surface area contributed by atoms with Crippen LogP contribution >= 0.6 is 11.3 Å². The number of nitrogens with one attached hydrogen (secondary N) is 2. The molecule has 0 aliphatic heterocycles. The van der Waals surface area contributed by atoms with Gasteiger partial charge in [0.1, 0.15) is 0 Å². The summed E-state index contributed by atoms with van der Waals surface area (Å²) in [6.45, 7) is 3.92. The molecule has 1 heterocycles. The summed E-state index contributed by atoms with van der Waals surface area (Å²) in [6, 6.07) is 22.5. The van der Waals surface area contributed by atoms with E-state index in [-0.39, 0.29) is 49.7 Å². The topological polar surface area (TPSA) is 132 Å². The first-order valence-electron chi connectivity index (χ1n) is 15.4. The zero-order chi connectivity index (χ0) is 33.8. The van der Waals surface area contributed by atoms with Crippen LogP contribution in [0.3, 0.4) is 0 Å². The Morgan fingerprint density at radius 1 is 1.00 bits per heavy atom. The fraction of sp³-hybridized carbons (Fsp3) is 0.343. The number of carbonyl (C=O) groups is 2. The molecule has 10 nitrogen and oxygen atoms in total. The van der Waals surface area contributed by atoms with Gasteiger partial charge in [0.2, 0.25) is 15.9 Å². The van der Waals surface area contributed by atoms with Crippen LogP contribution in [0, 0.1) is 18.3 Å². The zero-order valence-electron chi connectivity index (χ0n) is 26.6. The number of hydrogen-bond donors (Lipinski definition) is 3. The second kappa shape index (κ2) is 17.2. The number of aromatic nitrogens is 1. The number of nitrogens with zero attached hydrogens (tertiary/aromatic N) is 3. The van der Waals surface area contributed by atoms with Gasteiger partial charge in [-0.3, -0.25) is 15.0 Å². The van der Waals surface area contributed by atoms with Gasteiger partial charge in [0.15, 0.2) is 0 Å². The van der Waals surface area contributed by atoms with E-state index in [0.29, 0.717) is 12.1 Å². The van der Waals surface area contributed by atoms with Crippen molar-refractivity contribution in [3.05, 3.63) is 95.5 Å². The van der Waals surface area contributed by atoms with E-state index in [2.05, 4.69) is 21.6 Å². The van der Waals surface area contributed by atoms with Crippen LogP contribution in [-0.4, -0.2) is 71.4 Å². The minimum Gasteiger partial charge on any atom is -0.390 e. The van der Waals surface area contributed by atoms with Gasteiger partial charge in [-0.25, -0.2) is 18.4 Å². The molecule has 1 aromatic heterocycles. The predicted molar refractivity (Wildman–Crippen MR) is 184 cm³/mol. The lowest BCUT2D eigenvalue weighted by atomic mass is 9.99. The predicted octanol–water partition coefficient (Wildman–Crippen LogP) is 3.98. The average Bonchev–Trinajstić information content (AvgIpc) is 3.54. The maximum atomic E-state index is 14.0. The number of aliphatic hydroxyl groups is 1. The van der Waals surface area contributed by atoms with Crippen molar-refractivity contribution < 1.29 is 23.1 Å². The Bertz CT molecular complexity index is 1760. The smallest absolute Gasteiger partial charge is 0.252 e. The van der Waals surface area contributed by atoms with E-state index in [1.807, 2.05) is 74.5 Å². The second-order valence-electron chi connectivity index (χ2n) is 11.6. The highest BCUT2D eigenvalue weighted by atomic mass is 32.2. The number of sulfonamides is 1. The third kappa shape index (κ3) is 10.2. The van der Waals surface area contributed by atoms with Gasteiger partial charge < -0.3 is 10.4 Å². The summed E-state index contributed by atoms with van der Waals surface area (Å²) in [5, 5.41) is 16.1. The summed E-state index contributed by atoms with van der Waals surface area (Å²) in [5.41, 5.74) is 6.82. The van der Waals surface area contributed by atoms with Crippen molar-refractivity contribution in [2.45, 2.75) is 56.7 Å². The maximum absolute atomic E-state index is 14.0. The molecule has 0 saturated heterocycles. The Kier molecular flexibility index (Phi) is 13.0. The molecular formula is C35H41N5O5S2.